The second-order valence-electron chi connectivity index (χ2n) is 10.6. The highest BCUT2D eigenvalue weighted by molar-refractivity contribution is 7.18. The van der Waals surface area contributed by atoms with Crippen LogP contribution in [-0.2, 0) is 19.1 Å². The fourth-order valence-corrected chi connectivity index (χ4v) is 6.34. The number of methoxy groups -OCH3 is 2. The maximum Gasteiger partial charge on any atom is 0.416 e. The van der Waals surface area contributed by atoms with Crippen molar-refractivity contribution < 1.29 is 31.8 Å². The zero-order chi connectivity index (χ0) is 33.3. The van der Waals surface area contributed by atoms with Crippen molar-refractivity contribution in [1.29, 1.82) is 0 Å². The number of hydrogen-bond acceptors (Lipinski definition) is 8. The van der Waals surface area contributed by atoms with Crippen molar-refractivity contribution in [3.63, 3.8) is 0 Å². The number of aromatic nitrogens is 3. The molecule has 0 aliphatic heterocycles. The summed E-state index contributed by atoms with van der Waals surface area (Å²) in [6.45, 7) is 2.22. The Morgan fingerprint density at radius 1 is 0.936 bits per heavy atom. The fraction of sp³-hybridized carbons (Fsp3) is 0.176. The van der Waals surface area contributed by atoms with Gasteiger partial charge in [0.05, 0.1) is 46.9 Å². The molecule has 0 radical (unpaired) electrons. The van der Waals surface area contributed by atoms with Gasteiger partial charge in [0.25, 0.3) is 5.91 Å². The van der Waals surface area contributed by atoms with Crippen molar-refractivity contribution in [2.24, 2.45) is 0 Å². The summed E-state index contributed by atoms with van der Waals surface area (Å²) in [4.78, 5) is 26.8. The first-order valence-electron chi connectivity index (χ1n) is 14.3. The summed E-state index contributed by atoms with van der Waals surface area (Å²) >= 11 is 1.32. The number of pyridine rings is 1. The number of benzene rings is 3. The van der Waals surface area contributed by atoms with E-state index in [1.54, 1.807) is 43.9 Å². The van der Waals surface area contributed by atoms with Crippen molar-refractivity contribution in [2.45, 2.75) is 26.1 Å². The predicted octanol–water partition coefficient (Wildman–Crippen LogP) is 8.18. The molecule has 0 spiro atoms. The number of nitrogens with one attached hydrogen (secondary N) is 2. The molecule has 3 aromatic carbocycles. The molecule has 0 bridgehead atoms. The van der Waals surface area contributed by atoms with Gasteiger partial charge in [-0.05, 0) is 48.4 Å². The van der Waals surface area contributed by atoms with Gasteiger partial charge >= 0.3 is 6.18 Å². The van der Waals surface area contributed by atoms with E-state index in [0.29, 0.717) is 67.9 Å². The van der Waals surface area contributed by atoms with E-state index in [0.717, 1.165) is 23.3 Å². The number of rotatable bonds is 9. The summed E-state index contributed by atoms with van der Waals surface area (Å²) in [6, 6.07) is 13.3. The van der Waals surface area contributed by atoms with Crippen LogP contribution in [0.3, 0.4) is 0 Å². The third-order valence-electron chi connectivity index (χ3n) is 7.75. The van der Waals surface area contributed by atoms with Gasteiger partial charge in [-0.3, -0.25) is 9.78 Å². The number of halogens is 4. The Labute approximate surface area is 270 Å². The molecular formula is C34H27F4N5O3S. The van der Waals surface area contributed by atoms with E-state index in [1.807, 2.05) is 19.1 Å². The fourth-order valence-electron chi connectivity index (χ4n) is 5.37. The molecule has 6 rings (SSSR count). The van der Waals surface area contributed by atoms with Crippen LogP contribution in [0, 0.1) is 12.7 Å². The van der Waals surface area contributed by atoms with E-state index >= 15 is 0 Å². The van der Waals surface area contributed by atoms with Gasteiger partial charge in [-0.2, -0.15) is 13.2 Å². The zero-order valence-corrected chi connectivity index (χ0v) is 26.1. The second kappa shape index (κ2) is 12.8. The SMILES string of the molecule is COc1ccc(CNc2ncnc3c(C(=O)Nc4c(C)ccc5c(Cc6ccc(F)cc6C(F)(F)F)nccc45)csc23)c(OC)c1. The molecule has 47 heavy (non-hydrogen) atoms. The first-order chi connectivity index (χ1) is 22.6. The Morgan fingerprint density at radius 3 is 2.51 bits per heavy atom. The molecule has 13 heteroatoms. The van der Waals surface area contributed by atoms with Gasteiger partial charge in [0, 0.05) is 46.9 Å². The minimum absolute atomic E-state index is 0.107. The predicted molar refractivity (Wildman–Crippen MR) is 173 cm³/mol. The Kier molecular flexibility index (Phi) is 8.65. The number of carbonyl (C=O) groups excluding carboxylic acids is 1. The average Bonchev–Trinajstić information content (AvgIpc) is 3.50. The minimum Gasteiger partial charge on any atom is -0.497 e. The molecule has 8 nitrogen and oxygen atoms in total. The van der Waals surface area contributed by atoms with Gasteiger partial charge in [-0.15, -0.1) is 11.3 Å². The highest BCUT2D eigenvalue weighted by Gasteiger charge is 2.34. The highest BCUT2D eigenvalue weighted by atomic mass is 32.1. The number of amides is 1. The third kappa shape index (κ3) is 6.39. The van der Waals surface area contributed by atoms with Crippen LogP contribution in [0.15, 0.2) is 72.5 Å². The maximum atomic E-state index is 13.7. The third-order valence-corrected chi connectivity index (χ3v) is 8.72. The molecule has 0 saturated carbocycles. The number of aryl methyl sites for hydroxylation is 1. The number of anilines is 2. The van der Waals surface area contributed by atoms with E-state index in [-0.39, 0.29) is 12.0 Å². The van der Waals surface area contributed by atoms with Crippen LogP contribution in [0.25, 0.3) is 21.0 Å². The van der Waals surface area contributed by atoms with Gasteiger partial charge in [0.1, 0.15) is 29.5 Å². The summed E-state index contributed by atoms with van der Waals surface area (Å²) in [7, 11) is 3.16. The summed E-state index contributed by atoms with van der Waals surface area (Å²) in [5.41, 5.74) is 2.10. The van der Waals surface area contributed by atoms with Crippen LogP contribution in [0.2, 0.25) is 0 Å². The molecule has 3 heterocycles. The number of thiophene rings is 1. The molecule has 240 valence electrons. The molecule has 0 unspecified atom stereocenters. The average molecular weight is 662 g/mol. The van der Waals surface area contributed by atoms with Crippen LogP contribution >= 0.6 is 11.3 Å². The molecule has 2 N–H and O–H groups in total. The lowest BCUT2D eigenvalue weighted by atomic mass is 9.97. The normalized spacial score (nSPS) is 11.6. The van der Waals surface area contributed by atoms with E-state index in [1.165, 1.54) is 23.9 Å². The second-order valence-corrected chi connectivity index (χ2v) is 11.5. The molecule has 0 aliphatic rings. The zero-order valence-electron chi connectivity index (χ0n) is 25.3. The monoisotopic (exact) mass is 661 g/mol. The van der Waals surface area contributed by atoms with Gasteiger partial charge in [-0.25, -0.2) is 14.4 Å². The number of fused-ring (bicyclic) bond motifs is 2. The number of carbonyl (C=O) groups is 1. The molecule has 0 saturated heterocycles. The van der Waals surface area contributed by atoms with Crippen molar-refractivity contribution in [3.8, 4) is 11.5 Å². The first kappa shape index (κ1) is 31.7. The highest BCUT2D eigenvalue weighted by Crippen LogP contribution is 2.36. The Balaban J connectivity index is 1.28. The molecule has 6 aromatic rings. The largest absolute Gasteiger partial charge is 0.497 e. The Bertz CT molecular complexity index is 2130. The standard InChI is InChI=1S/C34H27F4N5O3S/c1-18-4-9-23-24(10-11-39-27(23)12-19-5-7-21(35)13-26(19)34(36,37)38)29(18)43-33(44)25-16-47-31-30(25)41-17-42-32(31)40-15-20-6-8-22(45-2)14-28(20)46-3/h4-11,13-14,16-17H,12,15H2,1-3H3,(H,43,44)(H,40,41,42). The number of alkyl halides is 3. The number of nitrogens with zero attached hydrogens (tertiary/aromatic N) is 3. The molecule has 3 aromatic heterocycles. The molecule has 1 amide bonds. The van der Waals surface area contributed by atoms with Crippen LogP contribution in [0.4, 0.5) is 29.1 Å². The van der Waals surface area contributed by atoms with Crippen LogP contribution < -0.4 is 20.1 Å². The Hall–Kier alpha value is -5.30. The smallest absolute Gasteiger partial charge is 0.416 e. The minimum atomic E-state index is -4.73. The summed E-state index contributed by atoms with van der Waals surface area (Å²) in [5.74, 6) is 0.480. The van der Waals surface area contributed by atoms with Crippen LogP contribution in [0.5, 0.6) is 11.5 Å². The summed E-state index contributed by atoms with van der Waals surface area (Å²) in [5, 5.41) is 9.15. The van der Waals surface area contributed by atoms with Crippen molar-refractivity contribution in [2.75, 3.05) is 24.9 Å². The van der Waals surface area contributed by atoms with Crippen molar-refractivity contribution >= 4 is 49.7 Å². The molecule has 0 aliphatic carbocycles. The van der Waals surface area contributed by atoms with Gasteiger partial charge in [0.2, 0.25) is 0 Å². The van der Waals surface area contributed by atoms with Crippen LogP contribution in [0.1, 0.15) is 38.3 Å². The molecule has 0 fully saturated rings. The maximum absolute atomic E-state index is 13.7. The van der Waals surface area contributed by atoms with Gasteiger partial charge in [0.15, 0.2) is 0 Å². The number of hydrogen-bond donors (Lipinski definition) is 2. The van der Waals surface area contributed by atoms with E-state index < -0.39 is 23.5 Å². The molecular weight excluding hydrogens is 634 g/mol. The van der Waals surface area contributed by atoms with Crippen molar-refractivity contribution in [1.82, 2.24) is 15.0 Å². The van der Waals surface area contributed by atoms with Crippen LogP contribution in [-0.4, -0.2) is 35.1 Å². The summed E-state index contributed by atoms with van der Waals surface area (Å²) < 4.78 is 66.2. The van der Waals surface area contributed by atoms with Gasteiger partial charge in [-0.1, -0.05) is 18.2 Å². The quantitative estimate of drug-likeness (QED) is 0.151. The lowest BCUT2D eigenvalue weighted by Crippen LogP contribution is -2.13. The first-order valence-corrected chi connectivity index (χ1v) is 15.2. The van der Waals surface area contributed by atoms with E-state index in [9.17, 15) is 22.4 Å². The van der Waals surface area contributed by atoms with E-state index in [4.69, 9.17) is 9.47 Å². The van der Waals surface area contributed by atoms with Crippen molar-refractivity contribution in [3.05, 3.63) is 112 Å². The molecule has 0 atom stereocenters. The van der Waals surface area contributed by atoms with E-state index in [2.05, 4.69) is 25.6 Å². The summed E-state index contributed by atoms with van der Waals surface area (Å²) in [6.07, 6.45) is -2.06. The Morgan fingerprint density at radius 2 is 1.74 bits per heavy atom. The lowest BCUT2D eigenvalue weighted by Gasteiger charge is -2.16. The topological polar surface area (TPSA) is 98.3 Å². The lowest BCUT2D eigenvalue weighted by molar-refractivity contribution is -0.138. The number of ether oxygens (including phenoxy) is 2. The van der Waals surface area contributed by atoms with Gasteiger partial charge < -0.3 is 20.1 Å².